The summed E-state index contributed by atoms with van der Waals surface area (Å²) in [5.41, 5.74) is 0.879. The molecule has 1 N–H and O–H groups in total. The molecule has 0 amide bonds. The van der Waals surface area contributed by atoms with Crippen LogP contribution in [0.5, 0.6) is 0 Å². The Bertz CT molecular complexity index is 493. The maximum absolute atomic E-state index is 11.2. The van der Waals surface area contributed by atoms with E-state index < -0.39 is 5.60 Å². The van der Waals surface area contributed by atoms with Gasteiger partial charge in [-0.15, -0.1) is 0 Å². The number of aliphatic hydroxyl groups is 1. The molecule has 1 aromatic carbocycles. The molecule has 2 fully saturated rings. The minimum atomic E-state index is -0.506. The molecule has 4 nitrogen and oxygen atoms in total. The maximum Gasteiger partial charge on any atom is 0.0700 e. The SMILES string of the molecule is COCCOCCCC1(O)CC2CCCC(C1)N2Cc1ccccc1. The highest BCUT2D eigenvalue weighted by atomic mass is 16.5. The van der Waals surface area contributed by atoms with Gasteiger partial charge in [0.15, 0.2) is 0 Å². The number of nitrogens with zero attached hydrogens (tertiary/aromatic N) is 1. The molecular formula is C21H33NO3. The van der Waals surface area contributed by atoms with Crippen molar-refractivity contribution in [1.29, 1.82) is 0 Å². The lowest BCUT2D eigenvalue weighted by molar-refractivity contribution is -0.102. The van der Waals surface area contributed by atoms with E-state index in [-0.39, 0.29) is 0 Å². The molecule has 0 aliphatic carbocycles. The van der Waals surface area contributed by atoms with E-state index in [1.165, 1.54) is 24.8 Å². The molecule has 0 saturated carbocycles. The third-order valence-electron chi connectivity index (χ3n) is 5.81. The molecule has 140 valence electrons. The van der Waals surface area contributed by atoms with Crippen LogP contribution < -0.4 is 0 Å². The van der Waals surface area contributed by atoms with Crippen LogP contribution in [0.25, 0.3) is 0 Å². The first-order chi connectivity index (χ1) is 12.2. The van der Waals surface area contributed by atoms with Crippen LogP contribution in [0.4, 0.5) is 0 Å². The van der Waals surface area contributed by atoms with E-state index in [1.54, 1.807) is 7.11 Å². The van der Waals surface area contributed by atoms with Crippen molar-refractivity contribution < 1.29 is 14.6 Å². The normalized spacial score (nSPS) is 29.7. The minimum Gasteiger partial charge on any atom is -0.390 e. The highest BCUT2D eigenvalue weighted by Crippen LogP contribution is 2.41. The van der Waals surface area contributed by atoms with Gasteiger partial charge in [0.05, 0.1) is 18.8 Å². The van der Waals surface area contributed by atoms with Gasteiger partial charge in [-0.05, 0) is 44.1 Å². The van der Waals surface area contributed by atoms with E-state index in [4.69, 9.17) is 9.47 Å². The molecule has 2 bridgehead atoms. The number of ether oxygens (including phenoxy) is 2. The standard InChI is InChI=1S/C21H33NO3/c1-24-13-14-25-12-6-11-21(23)15-19-9-5-10-20(16-21)22(19)17-18-7-3-2-4-8-18/h2-4,7-8,19-20,23H,5-6,9-17H2,1H3. The van der Waals surface area contributed by atoms with E-state index in [1.807, 2.05) is 0 Å². The molecule has 25 heavy (non-hydrogen) atoms. The summed E-state index contributed by atoms with van der Waals surface area (Å²) < 4.78 is 10.5. The van der Waals surface area contributed by atoms with Crippen molar-refractivity contribution in [2.45, 2.75) is 69.2 Å². The third kappa shape index (κ3) is 5.27. The second-order valence-electron chi connectivity index (χ2n) is 7.74. The maximum atomic E-state index is 11.2. The highest BCUT2D eigenvalue weighted by molar-refractivity contribution is 5.15. The van der Waals surface area contributed by atoms with Gasteiger partial charge in [-0.1, -0.05) is 36.8 Å². The second kappa shape index (κ2) is 9.13. The Morgan fingerprint density at radius 2 is 1.80 bits per heavy atom. The van der Waals surface area contributed by atoms with Crippen molar-refractivity contribution >= 4 is 0 Å². The summed E-state index contributed by atoms with van der Waals surface area (Å²) >= 11 is 0. The molecule has 1 aromatic rings. The number of rotatable bonds is 9. The number of fused-ring (bicyclic) bond motifs is 2. The first-order valence-corrected chi connectivity index (χ1v) is 9.79. The van der Waals surface area contributed by atoms with Gasteiger partial charge in [0.1, 0.15) is 0 Å². The number of piperidine rings is 2. The monoisotopic (exact) mass is 347 g/mol. The van der Waals surface area contributed by atoms with E-state index in [2.05, 4.69) is 35.2 Å². The summed E-state index contributed by atoms with van der Waals surface area (Å²) in [4.78, 5) is 2.66. The van der Waals surface area contributed by atoms with Gasteiger partial charge in [0.2, 0.25) is 0 Å². The van der Waals surface area contributed by atoms with Crippen LogP contribution in [-0.4, -0.2) is 54.6 Å². The molecule has 2 unspecified atom stereocenters. The van der Waals surface area contributed by atoms with E-state index in [0.717, 1.165) is 32.2 Å². The lowest BCUT2D eigenvalue weighted by Gasteiger charge is -2.52. The number of benzene rings is 1. The Balaban J connectivity index is 1.51. The molecule has 2 saturated heterocycles. The topological polar surface area (TPSA) is 41.9 Å². The summed E-state index contributed by atoms with van der Waals surface area (Å²) in [6, 6.07) is 11.8. The van der Waals surface area contributed by atoms with Gasteiger partial charge in [0, 0.05) is 32.3 Å². The Morgan fingerprint density at radius 1 is 1.08 bits per heavy atom. The Labute approximate surface area is 152 Å². The van der Waals surface area contributed by atoms with Gasteiger partial charge >= 0.3 is 0 Å². The molecule has 2 heterocycles. The molecule has 2 atom stereocenters. The lowest BCUT2D eigenvalue weighted by atomic mass is 9.73. The van der Waals surface area contributed by atoms with Gasteiger partial charge in [-0.3, -0.25) is 4.90 Å². The van der Waals surface area contributed by atoms with E-state index >= 15 is 0 Å². The average Bonchev–Trinajstić information content (AvgIpc) is 2.60. The van der Waals surface area contributed by atoms with Gasteiger partial charge < -0.3 is 14.6 Å². The van der Waals surface area contributed by atoms with Crippen LogP contribution in [0.2, 0.25) is 0 Å². The van der Waals surface area contributed by atoms with Crippen LogP contribution in [0.3, 0.4) is 0 Å². The van der Waals surface area contributed by atoms with Gasteiger partial charge in [-0.2, -0.15) is 0 Å². The van der Waals surface area contributed by atoms with Gasteiger partial charge in [-0.25, -0.2) is 0 Å². The summed E-state index contributed by atoms with van der Waals surface area (Å²) in [6.07, 6.45) is 7.34. The third-order valence-corrected chi connectivity index (χ3v) is 5.81. The van der Waals surface area contributed by atoms with Crippen LogP contribution in [-0.2, 0) is 16.0 Å². The Morgan fingerprint density at radius 3 is 2.48 bits per heavy atom. The average molecular weight is 347 g/mol. The summed E-state index contributed by atoms with van der Waals surface area (Å²) in [5, 5.41) is 11.2. The fourth-order valence-corrected chi connectivity index (χ4v) is 4.62. The van der Waals surface area contributed by atoms with E-state index in [0.29, 0.717) is 31.9 Å². The van der Waals surface area contributed by atoms with Crippen LogP contribution in [0.1, 0.15) is 50.5 Å². The molecule has 0 radical (unpaired) electrons. The van der Waals surface area contributed by atoms with Crippen LogP contribution >= 0.6 is 0 Å². The quantitative estimate of drug-likeness (QED) is 0.696. The zero-order chi connectivity index (χ0) is 17.5. The first-order valence-electron chi connectivity index (χ1n) is 9.79. The molecule has 2 aliphatic rings. The van der Waals surface area contributed by atoms with Crippen molar-refractivity contribution in [3.8, 4) is 0 Å². The van der Waals surface area contributed by atoms with Crippen molar-refractivity contribution in [3.63, 3.8) is 0 Å². The number of hydrogen-bond donors (Lipinski definition) is 1. The fourth-order valence-electron chi connectivity index (χ4n) is 4.62. The molecule has 3 rings (SSSR count). The van der Waals surface area contributed by atoms with E-state index in [9.17, 15) is 5.11 Å². The smallest absolute Gasteiger partial charge is 0.0700 e. The molecular weight excluding hydrogens is 314 g/mol. The van der Waals surface area contributed by atoms with Crippen molar-refractivity contribution in [3.05, 3.63) is 35.9 Å². The zero-order valence-electron chi connectivity index (χ0n) is 15.5. The molecule has 4 heteroatoms. The lowest BCUT2D eigenvalue weighted by Crippen LogP contribution is -2.57. The second-order valence-corrected chi connectivity index (χ2v) is 7.74. The predicted octanol–water partition coefficient (Wildman–Crippen LogP) is 3.38. The summed E-state index contributed by atoms with van der Waals surface area (Å²) in [6.45, 7) is 3.02. The molecule has 2 aliphatic heterocycles. The Hall–Kier alpha value is -0.940. The fraction of sp³-hybridized carbons (Fsp3) is 0.714. The van der Waals surface area contributed by atoms with Crippen molar-refractivity contribution in [2.75, 3.05) is 26.9 Å². The first kappa shape index (κ1) is 18.8. The predicted molar refractivity (Wildman–Crippen MR) is 99.5 cm³/mol. The number of hydrogen-bond acceptors (Lipinski definition) is 4. The van der Waals surface area contributed by atoms with Crippen LogP contribution in [0.15, 0.2) is 30.3 Å². The minimum absolute atomic E-state index is 0.506. The number of methoxy groups -OCH3 is 1. The molecule has 0 spiro atoms. The largest absolute Gasteiger partial charge is 0.390 e. The summed E-state index contributed by atoms with van der Waals surface area (Å²) in [5.74, 6) is 0. The zero-order valence-corrected chi connectivity index (χ0v) is 15.5. The molecule has 0 aromatic heterocycles. The highest BCUT2D eigenvalue weighted by Gasteiger charge is 2.44. The van der Waals surface area contributed by atoms with Crippen molar-refractivity contribution in [2.24, 2.45) is 0 Å². The van der Waals surface area contributed by atoms with Crippen LogP contribution in [0, 0.1) is 0 Å². The van der Waals surface area contributed by atoms with Crippen molar-refractivity contribution in [1.82, 2.24) is 4.90 Å². The summed E-state index contributed by atoms with van der Waals surface area (Å²) in [7, 11) is 1.69. The Kier molecular flexibility index (Phi) is 6.88. The van der Waals surface area contributed by atoms with Gasteiger partial charge in [0.25, 0.3) is 0 Å².